The molecule has 1 radical (unpaired) electrons. The zero-order chi connectivity index (χ0) is 0. The quantitative estimate of drug-likeness (QED) is 0.334. The minimum absolute atomic E-state index is 0. The van der Waals surface area contributed by atoms with Gasteiger partial charge in [0.25, 0.3) is 0 Å². The van der Waals surface area contributed by atoms with Crippen molar-refractivity contribution in [3.05, 3.63) is 0 Å². The Morgan fingerprint density at radius 3 is 0.500 bits per heavy atom. The molecule has 0 atom stereocenters. The average Bonchev–Trinajstić information content (AvgIpc) is 0. The Bertz CT molecular complexity index is 3.25. The van der Waals surface area contributed by atoms with Gasteiger partial charge in [0, 0.05) is 18.6 Å². The van der Waals surface area contributed by atoms with Crippen molar-refractivity contribution in [3.63, 3.8) is 0 Å². The smallest absolute Gasteiger partial charge is 0 e. The first kappa shape index (κ1) is 29.3. The SMILES string of the molecule is [I-].[I-].[I-].[V]. The number of rotatable bonds is 0. The molecule has 0 rings (SSSR count). The van der Waals surface area contributed by atoms with Crippen molar-refractivity contribution in [2.45, 2.75) is 0 Å². The predicted molar refractivity (Wildman–Crippen MR) is 0 cm³/mol. The molecule has 0 N–H and O–H groups in total. The Morgan fingerprint density at radius 1 is 0.500 bits per heavy atom. The van der Waals surface area contributed by atoms with Crippen molar-refractivity contribution in [1.82, 2.24) is 0 Å². The second kappa shape index (κ2) is 17.1. The molecule has 4 heavy (non-hydrogen) atoms. The summed E-state index contributed by atoms with van der Waals surface area (Å²) in [5.74, 6) is 0. The van der Waals surface area contributed by atoms with Crippen molar-refractivity contribution in [1.29, 1.82) is 0 Å². The predicted octanol–water partition coefficient (Wildman–Crippen LogP) is -8.99. The molecule has 0 spiro atoms. The maximum atomic E-state index is 0. The fraction of sp³-hybridized carbons (Fsp3) is 0. The number of hydrogen-bond donors (Lipinski definition) is 0. The first-order chi connectivity index (χ1) is 0. The Morgan fingerprint density at radius 2 is 0.500 bits per heavy atom. The van der Waals surface area contributed by atoms with Gasteiger partial charge in [0.1, 0.15) is 0 Å². The molecule has 0 heterocycles. The Kier molecular flexibility index (Phi) is 125. The van der Waals surface area contributed by atoms with E-state index in [1.165, 1.54) is 0 Å². The molecular weight excluding hydrogens is 432 g/mol. The van der Waals surface area contributed by atoms with Crippen LogP contribution >= 0.6 is 0 Å². The van der Waals surface area contributed by atoms with E-state index in [-0.39, 0.29) is 90.5 Å². The van der Waals surface area contributed by atoms with E-state index in [2.05, 4.69) is 0 Å². The third-order valence-corrected chi connectivity index (χ3v) is 0. The van der Waals surface area contributed by atoms with E-state index in [4.69, 9.17) is 0 Å². The van der Waals surface area contributed by atoms with E-state index < -0.39 is 0 Å². The van der Waals surface area contributed by atoms with E-state index in [1.54, 1.807) is 0 Å². The Hall–Kier alpha value is 2.77. The van der Waals surface area contributed by atoms with Crippen LogP contribution in [-0.2, 0) is 18.6 Å². The van der Waals surface area contributed by atoms with Crippen LogP contribution in [0.3, 0.4) is 0 Å². The summed E-state index contributed by atoms with van der Waals surface area (Å²) in [4.78, 5) is 0. The van der Waals surface area contributed by atoms with E-state index in [0.29, 0.717) is 0 Å². The van der Waals surface area contributed by atoms with Crippen LogP contribution in [0.4, 0.5) is 0 Å². The summed E-state index contributed by atoms with van der Waals surface area (Å²) >= 11 is 0. The van der Waals surface area contributed by atoms with Gasteiger partial charge < -0.3 is 71.9 Å². The van der Waals surface area contributed by atoms with Crippen molar-refractivity contribution >= 4 is 0 Å². The second-order valence-corrected chi connectivity index (χ2v) is 0. The van der Waals surface area contributed by atoms with Gasteiger partial charge in [-0.25, -0.2) is 0 Å². The van der Waals surface area contributed by atoms with Crippen molar-refractivity contribution in [2.24, 2.45) is 0 Å². The normalized spacial score (nSPS) is 0. The summed E-state index contributed by atoms with van der Waals surface area (Å²) in [6.07, 6.45) is 0. The van der Waals surface area contributed by atoms with E-state index in [1.807, 2.05) is 0 Å². The van der Waals surface area contributed by atoms with E-state index in [0.717, 1.165) is 0 Å². The van der Waals surface area contributed by atoms with Crippen LogP contribution in [0, 0.1) is 0 Å². The molecule has 4 heteroatoms. The maximum Gasteiger partial charge on any atom is 0 e. The molecule has 0 nitrogen and oxygen atoms in total. The van der Waals surface area contributed by atoms with Crippen LogP contribution in [0.15, 0.2) is 0 Å². The van der Waals surface area contributed by atoms with Gasteiger partial charge >= 0.3 is 0 Å². The topological polar surface area (TPSA) is 0 Å². The fourth-order valence-electron chi connectivity index (χ4n) is 0. The molecule has 0 unspecified atom stereocenters. The van der Waals surface area contributed by atoms with Crippen molar-refractivity contribution < 1.29 is 90.5 Å². The number of hydrogen-bond acceptors (Lipinski definition) is 0. The van der Waals surface area contributed by atoms with Gasteiger partial charge in [0.2, 0.25) is 0 Å². The van der Waals surface area contributed by atoms with Crippen LogP contribution in [-0.4, -0.2) is 0 Å². The van der Waals surface area contributed by atoms with Crippen LogP contribution in [0.25, 0.3) is 0 Å². The van der Waals surface area contributed by atoms with Crippen molar-refractivity contribution in [3.8, 4) is 0 Å². The van der Waals surface area contributed by atoms with Gasteiger partial charge in [-0.15, -0.1) is 0 Å². The summed E-state index contributed by atoms with van der Waals surface area (Å²) < 4.78 is 0. The molecule has 0 aliphatic heterocycles. The van der Waals surface area contributed by atoms with Gasteiger partial charge in [0.05, 0.1) is 0 Å². The summed E-state index contributed by atoms with van der Waals surface area (Å²) in [5, 5.41) is 0. The maximum absolute atomic E-state index is 0. The monoisotopic (exact) mass is 432 g/mol. The zero-order valence-electron chi connectivity index (χ0n) is 1.58. The fourth-order valence-corrected chi connectivity index (χ4v) is 0. The van der Waals surface area contributed by atoms with Crippen molar-refractivity contribution in [2.75, 3.05) is 0 Å². The standard InChI is InChI=1S/3HI.V/h3*1H;/p-3. The molecule has 0 aromatic rings. The molecule has 0 bridgehead atoms. The van der Waals surface area contributed by atoms with E-state index in [9.17, 15) is 0 Å². The van der Waals surface area contributed by atoms with Gasteiger partial charge in [0.15, 0.2) is 0 Å². The second-order valence-electron chi connectivity index (χ2n) is 0. The molecule has 0 saturated heterocycles. The molecule has 29 valence electrons. The van der Waals surface area contributed by atoms with Gasteiger partial charge in [-0.1, -0.05) is 0 Å². The first-order valence-corrected chi connectivity index (χ1v) is 0. The summed E-state index contributed by atoms with van der Waals surface area (Å²) in [6, 6.07) is 0. The summed E-state index contributed by atoms with van der Waals surface area (Å²) in [7, 11) is 0. The third kappa shape index (κ3) is 8.84. The van der Waals surface area contributed by atoms with Gasteiger partial charge in [-0.2, -0.15) is 0 Å². The van der Waals surface area contributed by atoms with E-state index >= 15 is 0 Å². The van der Waals surface area contributed by atoms with Crippen LogP contribution < -0.4 is 71.9 Å². The first-order valence-electron chi connectivity index (χ1n) is 0. The summed E-state index contributed by atoms with van der Waals surface area (Å²) in [5.41, 5.74) is 0. The van der Waals surface area contributed by atoms with Gasteiger partial charge in [-0.3, -0.25) is 0 Å². The molecular formula is I3V-3. The zero-order valence-corrected chi connectivity index (χ0v) is 9.45. The number of halogens is 3. The Labute approximate surface area is 88.8 Å². The minimum atomic E-state index is 0. The molecule has 0 fully saturated rings. The molecule has 0 aromatic carbocycles. The largest absolute Gasteiger partial charge is 1.00 e. The minimum Gasteiger partial charge on any atom is -1.00 e. The van der Waals surface area contributed by atoms with Crippen LogP contribution in [0.1, 0.15) is 0 Å². The molecule has 0 aliphatic carbocycles. The van der Waals surface area contributed by atoms with Gasteiger partial charge in [-0.05, 0) is 0 Å². The summed E-state index contributed by atoms with van der Waals surface area (Å²) in [6.45, 7) is 0. The molecule has 0 amide bonds. The van der Waals surface area contributed by atoms with Crippen LogP contribution in [0.5, 0.6) is 0 Å². The Balaban J connectivity index is 0. The average molecular weight is 432 g/mol. The third-order valence-electron chi connectivity index (χ3n) is 0. The molecule has 0 aromatic heterocycles. The van der Waals surface area contributed by atoms with Crippen LogP contribution in [0.2, 0.25) is 0 Å². The molecule has 0 saturated carbocycles. The molecule has 0 aliphatic rings.